The first-order valence-electron chi connectivity index (χ1n) is 11.3. The van der Waals surface area contributed by atoms with Crippen LogP contribution in [0.2, 0.25) is 0 Å². The van der Waals surface area contributed by atoms with Crippen LogP contribution in [0.1, 0.15) is 49.4 Å². The lowest BCUT2D eigenvalue weighted by molar-refractivity contribution is -0.292. The van der Waals surface area contributed by atoms with Crippen LogP contribution in [0.15, 0.2) is 15.4 Å². The molecule has 0 radical (unpaired) electrons. The second-order valence-corrected chi connectivity index (χ2v) is 9.60. The second-order valence-electron chi connectivity index (χ2n) is 9.60. The lowest BCUT2D eigenvalue weighted by atomic mass is 9.82. The quantitative estimate of drug-likeness (QED) is 0.565. The molecule has 15 heteroatoms. The minimum atomic E-state index is -5.67. The summed E-state index contributed by atoms with van der Waals surface area (Å²) in [6.45, 7) is 0.644. The molecule has 1 aliphatic heterocycles. The third kappa shape index (κ3) is 4.48. The van der Waals surface area contributed by atoms with Gasteiger partial charge in [0.1, 0.15) is 5.83 Å². The Bertz CT molecular complexity index is 1150. The van der Waals surface area contributed by atoms with Crippen LogP contribution in [0.3, 0.4) is 0 Å². The Balaban J connectivity index is 1.73. The first kappa shape index (κ1) is 26.8. The average Bonchev–Trinajstić information content (AvgIpc) is 3.42. The maximum absolute atomic E-state index is 15.6. The molecule has 0 spiro atoms. The van der Waals surface area contributed by atoms with E-state index in [0.29, 0.717) is 12.8 Å². The molecule has 1 saturated carbocycles. The number of nitrogens with one attached hydrogen (secondary N) is 1. The summed E-state index contributed by atoms with van der Waals surface area (Å²) >= 11 is 0. The van der Waals surface area contributed by atoms with Gasteiger partial charge in [-0.25, -0.2) is 18.0 Å². The van der Waals surface area contributed by atoms with Gasteiger partial charge in [-0.15, -0.1) is 0 Å². The molecule has 4 unspecified atom stereocenters. The third-order valence-electron chi connectivity index (χ3n) is 7.29. The van der Waals surface area contributed by atoms with Crippen LogP contribution >= 0.6 is 0 Å². The Labute approximate surface area is 197 Å². The largest absolute Gasteiger partial charge is 0.402 e. The minimum Gasteiger partial charge on any atom is -0.327 e. The topological polar surface area (TPSA) is 84.1 Å². The van der Waals surface area contributed by atoms with E-state index >= 15 is 4.39 Å². The normalized spacial score (nSPS) is 26.8. The van der Waals surface area contributed by atoms with Crippen LogP contribution in [0.25, 0.3) is 5.57 Å². The highest BCUT2D eigenvalue weighted by molar-refractivity contribution is 5.74. The van der Waals surface area contributed by atoms with Gasteiger partial charge in [0, 0.05) is 30.2 Å². The van der Waals surface area contributed by atoms with E-state index < -0.39 is 89.4 Å². The van der Waals surface area contributed by atoms with Crippen molar-refractivity contribution in [2.45, 2.75) is 69.0 Å². The summed E-state index contributed by atoms with van der Waals surface area (Å²) in [6.07, 6.45) is -14.0. The Kier molecular flexibility index (Phi) is 6.63. The van der Waals surface area contributed by atoms with Crippen molar-refractivity contribution in [3.8, 4) is 0 Å². The molecule has 1 saturated heterocycles. The summed E-state index contributed by atoms with van der Waals surface area (Å²) in [5.74, 6) is -7.66. The summed E-state index contributed by atoms with van der Waals surface area (Å²) in [6, 6.07) is -4.32. The second kappa shape index (κ2) is 8.92. The molecule has 2 aliphatic carbocycles. The molecule has 202 valence electrons. The number of allylic oxidation sites excluding steroid dienone is 1. The zero-order chi connectivity index (χ0) is 26.9. The molecule has 0 bridgehead atoms. The van der Waals surface area contributed by atoms with Crippen LogP contribution in [-0.2, 0) is 0 Å². The number of aromatic amines is 1. The van der Waals surface area contributed by atoms with Crippen LogP contribution in [0, 0.1) is 11.8 Å². The van der Waals surface area contributed by atoms with Gasteiger partial charge in [0.25, 0.3) is 12.0 Å². The summed E-state index contributed by atoms with van der Waals surface area (Å²) < 4.78 is 124. The van der Waals surface area contributed by atoms with E-state index in [2.05, 4.69) is 0 Å². The first-order chi connectivity index (χ1) is 16.6. The number of halogens is 9. The average molecular weight is 534 g/mol. The molecule has 4 atom stereocenters. The SMILES string of the molecule is CC1c2c(c(=O)[nH]c(=O)n2C2CC2)C(C(F)F)=C(F)C1N1CCC(C(N)C(C(F)(F)F)C(F)(F)F)C1. The monoisotopic (exact) mass is 534 g/mol. The van der Waals surface area contributed by atoms with Crippen molar-refractivity contribution in [3.63, 3.8) is 0 Å². The summed E-state index contributed by atoms with van der Waals surface area (Å²) in [5, 5.41) is 0. The number of fused-ring (bicyclic) bond motifs is 1. The van der Waals surface area contributed by atoms with Gasteiger partial charge in [-0.05, 0) is 31.7 Å². The maximum atomic E-state index is 15.6. The van der Waals surface area contributed by atoms with Gasteiger partial charge in [0.15, 0.2) is 5.92 Å². The number of nitrogens with two attached hydrogens (primary N) is 1. The number of H-pyrrole nitrogens is 1. The highest BCUT2D eigenvalue weighted by atomic mass is 19.4. The zero-order valence-corrected chi connectivity index (χ0v) is 18.8. The Morgan fingerprint density at radius 1 is 1.03 bits per heavy atom. The van der Waals surface area contributed by atoms with Crippen molar-refractivity contribution in [1.82, 2.24) is 14.5 Å². The molecule has 0 aromatic carbocycles. The van der Waals surface area contributed by atoms with Gasteiger partial charge in [-0.1, -0.05) is 6.92 Å². The molecule has 3 aliphatic rings. The van der Waals surface area contributed by atoms with E-state index in [1.807, 2.05) is 4.98 Å². The number of likely N-dealkylation sites (tertiary alicyclic amines) is 1. The molecule has 1 aromatic rings. The first-order valence-corrected chi connectivity index (χ1v) is 11.3. The van der Waals surface area contributed by atoms with Crippen molar-refractivity contribution in [2.75, 3.05) is 13.1 Å². The number of rotatable bonds is 5. The predicted molar refractivity (Wildman–Crippen MR) is 109 cm³/mol. The summed E-state index contributed by atoms with van der Waals surface area (Å²) in [7, 11) is 0. The molecular weight excluding hydrogens is 511 g/mol. The minimum absolute atomic E-state index is 0.121. The maximum Gasteiger partial charge on any atom is 0.402 e. The molecule has 36 heavy (non-hydrogen) atoms. The van der Waals surface area contributed by atoms with Crippen molar-refractivity contribution < 1.29 is 39.5 Å². The summed E-state index contributed by atoms with van der Waals surface area (Å²) in [4.78, 5) is 28.1. The molecule has 4 rings (SSSR count). The van der Waals surface area contributed by atoms with Gasteiger partial charge >= 0.3 is 18.0 Å². The lowest BCUT2D eigenvalue weighted by Crippen LogP contribution is -2.53. The lowest BCUT2D eigenvalue weighted by Gasteiger charge is -2.38. The number of aromatic nitrogens is 2. The van der Waals surface area contributed by atoms with Gasteiger partial charge in [-0.3, -0.25) is 19.2 Å². The van der Waals surface area contributed by atoms with Crippen LogP contribution < -0.4 is 17.0 Å². The van der Waals surface area contributed by atoms with E-state index in [0.717, 1.165) is 4.57 Å². The van der Waals surface area contributed by atoms with Crippen molar-refractivity contribution in [2.24, 2.45) is 17.6 Å². The van der Waals surface area contributed by atoms with Gasteiger partial charge in [0.05, 0.1) is 17.2 Å². The van der Waals surface area contributed by atoms with E-state index in [4.69, 9.17) is 5.73 Å². The van der Waals surface area contributed by atoms with Crippen molar-refractivity contribution >= 4 is 5.57 Å². The molecule has 3 N–H and O–H groups in total. The zero-order valence-electron chi connectivity index (χ0n) is 18.8. The van der Waals surface area contributed by atoms with Gasteiger partial charge < -0.3 is 5.73 Å². The fourth-order valence-electron chi connectivity index (χ4n) is 5.58. The molecule has 0 amide bonds. The summed E-state index contributed by atoms with van der Waals surface area (Å²) in [5.41, 5.74) is 1.36. The van der Waals surface area contributed by atoms with Crippen LogP contribution in [-0.4, -0.2) is 58.4 Å². The van der Waals surface area contributed by atoms with E-state index in [-0.39, 0.29) is 18.7 Å². The molecule has 6 nitrogen and oxygen atoms in total. The highest BCUT2D eigenvalue weighted by Gasteiger charge is 2.61. The van der Waals surface area contributed by atoms with E-state index in [1.54, 1.807) is 0 Å². The van der Waals surface area contributed by atoms with Gasteiger partial charge in [0.2, 0.25) is 0 Å². The van der Waals surface area contributed by atoms with Crippen LogP contribution in [0.5, 0.6) is 0 Å². The molecular formula is C21H23F9N4O2. The Morgan fingerprint density at radius 3 is 2.11 bits per heavy atom. The van der Waals surface area contributed by atoms with E-state index in [1.165, 1.54) is 11.8 Å². The standard InChI is InChI=1S/C21H23F9N4O2/c1-7-14-11(18(35)32-19(36)34(14)9-2-3-9)10(17(23)24)12(22)15(7)33-5-4-8(6-33)13(31)16(20(25,26)27)21(28,29)30/h7-9,13,15-17H,2-6,31H2,1H3,(H,32,35,36). The van der Waals surface area contributed by atoms with Crippen molar-refractivity contribution in [1.29, 1.82) is 0 Å². The van der Waals surface area contributed by atoms with Gasteiger partial charge in [-0.2, -0.15) is 26.3 Å². The van der Waals surface area contributed by atoms with Crippen LogP contribution in [0.4, 0.5) is 39.5 Å². The predicted octanol–water partition coefficient (Wildman–Crippen LogP) is 3.69. The number of hydrogen-bond donors (Lipinski definition) is 2. The van der Waals surface area contributed by atoms with E-state index in [9.17, 15) is 44.7 Å². The Morgan fingerprint density at radius 2 is 1.61 bits per heavy atom. The number of nitrogens with zero attached hydrogens (tertiary/aromatic N) is 2. The van der Waals surface area contributed by atoms with Crippen molar-refractivity contribution in [3.05, 3.63) is 37.9 Å². The highest BCUT2D eigenvalue weighted by Crippen LogP contribution is 2.48. The Hall–Kier alpha value is -2.29. The molecule has 2 heterocycles. The molecule has 2 fully saturated rings. The third-order valence-corrected chi connectivity index (χ3v) is 7.29. The smallest absolute Gasteiger partial charge is 0.327 e. The fourth-order valence-corrected chi connectivity index (χ4v) is 5.58. The fraction of sp³-hybridized carbons (Fsp3) is 0.714. The number of alkyl halides is 8. The number of hydrogen-bond acceptors (Lipinski definition) is 4. The molecule has 1 aromatic heterocycles.